The Morgan fingerprint density at radius 2 is 2.21 bits per heavy atom. The minimum Gasteiger partial charge on any atom is -0.355 e. The summed E-state index contributed by atoms with van der Waals surface area (Å²) < 4.78 is 0. The van der Waals surface area contributed by atoms with Gasteiger partial charge in [0.1, 0.15) is 12.1 Å². The van der Waals surface area contributed by atoms with Gasteiger partial charge in [-0.15, -0.1) is 24.8 Å². The molecule has 0 saturated carbocycles. The fourth-order valence-electron chi connectivity index (χ4n) is 1.47. The molecule has 0 unspecified atom stereocenters. The van der Waals surface area contributed by atoms with Gasteiger partial charge in [-0.25, -0.2) is 9.97 Å². The molecule has 1 atom stereocenters. The van der Waals surface area contributed by atoms with Crippen molar-refractivity contribution in [3.05, 3.63) is 18.6 Å². The monoisotopic (exact) mass is 236 g/mol. The van der Waals surface area contributed by atoms with Crippen LogP contribution in [0.4, 0.5) is 5.82 Å². The molecule has 0 spiro atoms. The van der Waals surface area contributed by atoms with Gasteiger partial charge in [0, 0.05) is 25.3 Å². The second kappa shape index (κ2) is 6.01. The van der Waals surface area contributed by atoms with Gasteiger partial charge in [-0.2, -0.15) is 0 Å². The maximum atomic E-state index is 5.78. The minimum absolute atomic E-state index is 0. The number of hydrogen-bond donors (Lipinski definition) is 1. The minimum atomic E-state index is 0. The van der Waals surface area contributed by atoms with E-state index in [1.807, 2.05) is 6.07 Å². The number of nitrogens with two attached hydrogens (primary N) is 1. The van der Waals surface area contributed by atoms with E-state index in [0.29, 0.717) is 6.04 Å². The number of halogens is 2. The Morgan fingerprint density at radius 3 is 2.71 bits per heavy atom. The number of hydrogen-bond acceptors (Lipinski definition) is 4. The first kappa shape index (κ1) is 13.4. The molecule has 1 aliphatic heterocycles. The summed E-state index contributed by atoms with van der Waals surface area (Å²) in [5, 5.41) is 0. The number of anilines is 1. The fraction of sp³-hybridized carbons (Fsp3) is 0.500. The van der Waals surface area contributed by atoms with Crippen LogP contribution in [0.1, 0.15) is 6.42 Å². The van der Waals surface area contributed by atoms with Crippen molar-refractivity contribution >= 4 is 30.6 Å². The topological polar surface area (TPSA) is 55.0 Å². The molecule has 0 aliphatic carbocycles. The van der Waals surface area contributed by atoms with Crippen LogP contribution in [0.2, 0.25) is 0 Å². The molecule has 2 N–H and O–H groups in total. The Hall–Kier alpha value is -0.580. The van der Waals surface area contributed by atoms with Crippen molar-refractivity contribution in [1.29, 1.82) is 0 Å². The van der Waals surface area contributed by atoms with E-state index in [0.717, 1.165) is 25.3 Å². The van der Waals surface area contributed by atoms with Gasteiger partial charge in [0.25, 0.3) is 0 Å². The second-order valence-electron chi connectivity index (χ2n) is 3.06. The first-order valence-electron chi connectivity index (χ1n) is 4.13. The zero-order chi connectivity index (χ0) is 8.39. The highest BCUT2D eigenvalue weighted by Crippen LogP contribution is 2.14. The molecular formula is C8H14Cl2N4. The van der Waals surface area contributed by atoms with Crippen LogP contribution in [0.5, 0.6) is 0 Å². The molecule has 0 aromatic carbocycles. The summed E-state index contributed by atoms with van der Waals surface area (Å²) in [5.74, 6) is 0.984. The zero-order valence-electron chi connectivity index (χ0n) is 7.67. The molecule has 4 nitrogen and oxygen atoms in total. The lowest BCUT2D eigenvalue weighted by Gasteiger charge is -2.15. The van der Waals surface area contributed by atoms with Crippen LogP contribution in [-0.2, 0) is 0 Å². The van der Waals surface area contributed by atoms with E-state index in [4.69, 9.17) is 5.73 Å². The van der Waals surface area contributed by atoms with Crippen LogP contribution in [0.3, 0.4) is 0 Å². The van der Waals surface area contributed by atoms with Gasteiger partial charge in [0.05, 0.1) is 0 Å². The quantitative estimate of drug-likeness (QED) is 0.787. The Morgan fingerprint density at radius 1 is 1.43 bits per heavy atom. The molecule has 1 fully saturated rings. The van der Waals surface area contributed by atoms with Crippen LogP contribution < -0.4 is 10.6 Å². The smallest absolute Gasteiger partial charge is 0.131 e. The lowest BCUT2D eigenvalue weighted by atomic mass is 10.3. The summed E-state index contributed by atoms with van der Waals surface area (Å²) in [6, 6.07) is 2.22. The molecule has 0 bridgehead atoms. The number of aromatic nitrogens is 2. The van der Waals surface area contributed by atoms with E-state index in [-0.39, 0.29) is 24.8 Å². The lowest BCUT2D eigenvalue weighted by molar-refractivity contribution is 0.751. The molecule has 1 aromatic rings. The third-order valence-electron chi connectivity index (χ3n) is 2.12. The van der Waals surface area contributed by atoms with Crippen LogP contribution in [0.25, 0.3) is 0 Å². The third-order valence-corrected chi connectivity index (χ3v) is 2.12. The molecule has 2 heterocycles. The summed E-state index contributed by atoms with van der Waals surface area (Å²) in [4.78, 5) is 10.2. The van der Waals surface area contributed by atoms with Crippen molar-refractivity contribution in [3.8, 4) is 0 Å². The molecule has 0 radical (unpaired) electrons. The Kier molecular flexibility index (Phi) is 5.76. The maximum Gasteiger partial charge on any atom is 0.131 e. The molecule has 0 amide bonds. The van der Waals surface area contributed by atoms with Gasteiger partial charge >= 0.3 is 0 Å². The highest BCUT2D eigenvalue weighted by molar-refractivity contribution is 5.85. The Bertz CT molecular complexity index is 257. The molecule has 6 heteroatoms. The first-order chi connectivity index (χ1) is 5.86. The molecule has 1 aromatic heterocycles. The van der Waals surface area contributed by atoms with Crippen molar-refractivity contribution in [3.63, 3.8) is 0 Å². The van der Waals surface area contributed by atoms with Gasteiger partial charge < -0.3 is 10.6 Å². The van der Waals surface area contributed by atoms with Crippen molar-refractivity contribution in [1.82, 2.24) is 9.97 Å². The molecule has 14 heavy (non-hydrogen) atoms. The van der Waals surface area contributed by atoms with Gasteiger partial charge in [-0.05, 0) is 12.5 Å². The summed E-state index contributed by atoms with van der Waals surface area (Å²) in [6.07, 6.45) is 4.38. The zero-order valence-corrected chi connectivity index (χ0v) is 9.30. The van der Waals surface area contributed by atoms with Gasteiger partial charge in [0.15, 0.2) is 0 Å². The van der Waals surface area contributed by atoms with E-state index >= 15 is 0 Å². The van der Waals surface area contributed by atoms with Crippen molar-refractivity contribution in [2.75, 3.05) is 18.0 Å². The SMILES string of the molecule is Cl.Cl.N[C@H]1CCN(c2ccncn2)C1. The first-order valence-corrected chi connectivity index (χ1v) is 4.13. The van der Waals surface area contributed by atoms with E-state index in [1.54, 1.807) is 12.5 Å². The van der Waals surface area contributed by atoms with Crippen molar-refractivity contribution < 1.29 is 0 Å². The predicted molar refractivity (Wildman–Crippen MR) is 61.3 cm³/mol. The average molecular weight is 237 g/mol. The predicted octanol–water partition coefficient (Wildman–Crippen LogP) is 0.858. The normalized spacial score (nSPS) is 19.8. The van der Waals surface area contributed by atoms with Crippen molar-refractivity contribution in [2.45, 2.75) is 12.5 Å². The molecular weight excluding hydrogens is 223 g/mol. The van der Waals surface area contributed by atoms with Gasteiger partial charge in [-0.1, -0.05) is 0 Å². The molecule has 80 valence electrons. The Balaban J connectivity index is 0.000000845. The van der Waals surface area contributed by atoms with E-state index in [9.17, 15) is 0 Å². The fourth-order valence-corrected chi connectivity index (χ4v) is 1.47. The van der Waals surface area contributed by atoms with Crippen LogP contribution in [0.15, 0.2) is 18.6 Å². The number of rotatable bonds is 1. The third kappa shape index (κ3) is 2.97. The van der Waals surface area contributed by atoms with Gasteiger partial charge in [-0.3, -0.25) is 0 Å². The lowest BCUT2D eigenvalue weighted by Crippen LogP contribution is -2.26. The summed E-state index contributed by atoms with van der Waals surface area (Å²) in [5.41, 5.74) is 5.78. The van der Waals surface area contributed by atoms with E-state index in [1.165, 1.54) is 0 Å². The average Bonchev–Trinajstić information content (AvgIpc) is 2.54. The summed E-state index contributed by atoms with van der Waals surface area (Å²) >= 11 is 0. The van der Waals surface area contributed by atoms with E-state index < -0.39 is 0 Å². The standard InChI is InChI=1S/C8H12N4.2ClH/c9-7-2-4-12(5-7)8-1-3-10-6-11-8;;/h1,3,6-7H,2,4-5,9H2;2*1H/t7-;;/m0../s1. The highest BCUT2D eigenvalue weighted by atomic mass is 35.5. The summed E-state index contributed by atoms with van der Waals surface area (Å²) in [7, 11) is 0. The number of nitrogens with zero attached hydrogens (tertiary/aromatic N) is 3. The van der Waals surface area contributed by atoms with Crippen LogP contribution >= 0.6 is 24.8 Å². The van der Waals surface area contributed by atoms with Crippen molar-refractivity contribution in [2.24, 2.45) is 5.73 Å². The maximum absolute atomic E-state index is 5.78. The molecule has 1 saturated heterocycles. The highest BCUT2D eigenvalue weighted by Gasteiger charge is 2.19. The largest absolute Gasteiger partial charge is 0.355 e. The second-order valence-corrected chi connectivity index (χ2v) is 3.06. The van der Waals surface area contributed by atoms with Gasteiger partial charge in [0.2, 0.25) is 0 Å². The molecule has 2 rings (SSSR count). The van der Waals surface area contributed by atoms with Crippen LogP contribution in [-0.4, -0.2) is 29.1 Å². The van der Waals surface area contributed by atoms with E-state index in [2.05, 4.69) is 14.9 Å². The summed E-state index contributed by atoms with van der Waals surface area (Å²) in [6.45, 7) is 1.93. The molecule has 1 aliphatic rings. The van der Waals surface area contributed by atoms with Crippen LogP contribution in [0, 0.1) is 0 Å². The Labute approximate surface area is 95.7 Å².